The van der Waals surface area contributed by atoms with E-state index in [-0.39, 0.29) is 5.91 Å². The van der Waals surface area contributed by atoms with Crippen molar-refractivity contribution in [2.75, 3.05) is 23.3 Å². The monoisotopic (exact) mass is 344 g/mol. The molecule has 0 unspecified atom stereocenters. The molecule has 1 N–H and O–H groups in total. The maximum Gasteiger partial charge on any atom is 0.259 e. The lowest BCUT2D eigenvalue weighted by molar-refractivity contribution is 0.102. The molecule has 1 fully saturated rings. The smallest absolute Gasteiger partial charge is 0.259 e. The molecular weight excluding hydrogens is 324 g/mol. The van der Waals surface area contributed by atoms with Gasteiger partial charge in [-0.1, -0.05) is 17.7 Å². The van der Waals surface area contributed by atoms with Crippen LogP contribution in [0, 0.1) is 13.8 Å². The highest BCUT2D eigenvalue weighted by Crippen LogP contribution is 2.22. The van der Waals surface area contributed by atoms with E-state index in [1.54, 1.807) is 18.3 Å². The zero-order valence-electron chi connectivity index (χ0n) is 14.0. The van der Waals surface area contributed by atoms with Gasteiger partial charge >= 0.3 is 0 Å². The number of piperidine rings is 1. The normalized spacial score (nSPS) is 14.5. The van der Waals surface area contributed by atoms with Gasteiger partial charge in [0.25, 0.3) is 5.91 Å². The molecule has 0 saturated carbocycles. The standard InChI is InChI=1S/C18H21ClN4O/c1-12-6-7-14(19)10-16(12)22-17(24)15-11-20-18(21-13(15)2)23-8-4-3-5-9-23/h6-7,10-11H,3-5,8-9H2,1-2H3,(H,22,24). The number of carbonyl (C=O) groups excluding carboxylic acids is 1. The second-order valence-corrected chi connectivity index (χ2v) is 6.57. The first-order valence-electron chi connectivity index (χ1n) is 8.20. The Balaban J connectivity index is 1.78. The van der Waals surface area contributed by atoms with Gasteiger partial charge in [0.2, 0.25) is 5.95 Å². The summed E-state index contributed by atoms with van der Waals surface area (Å²) in [4.78, 5) is 23.6. The van der Waals surface area contributed by atoms with Gasteiger partial charge in [0.15, 0.2) is 0 Å². The lowest BCUT2D eigenvalue weighted by atomic mass is 10.1. The molecule has 0 spiro atoms. The lowest BCUT2D eigenvalue weighted by Crippen LogP contribution is -2.31. The average molecular weight is 345 g/mol. The number of carbonyl (C=O) groups is 1. The highest BCUT2D eigenvalue weighted by Gasteiger charge is 2.17. The Morgan fingerprint density at radius 2 is 1.96 bits per heavy atom. The summed E-state index contributed by atoms with van der Waals surface area (Å²) in [5, 5.41) is 3.48. The Morgan fingerprint density at radius 3 is 2.67 bits per heavy atom. The van der Waals surface area contributed by atoms with Crippen LogP contribution in [0.4, 0.5) is 11.6 Å². The third-order valence-electron chi connectivity index (χ3n) is 4.30. The summed E-state index contributed by atoms with van der Waals surface area (Å²) < 4.78 is 0. The maximum atomic E-state index is 12.5. The van der Waals surface area contributed by atoms with Gasteiger partial charge in [0, 0.05) is 30.0 Å². The summed E-state index contributed by atoms with van der Waals surface area (Å²) in [5.41, 5.74) is 2.82. The van der Waals surface area contributed by atoms with E-state index in [2.05, 4.69) is 20.2 Å². The van der Waals surface area contributed by atoms with Crippen molar-refractivity contribution in [3.8, 4) is 0 Å². The Bertz CT molecular complexity index is 757. The molecule has 0 radical (unpaired) electrons. The fourth-order valence-electron chi connectivity index (χ4n) is 2.84. The Morgan fingerprint density at radius 1 is 1.21 bits per heavy atom. The maximum absolute atomic E-state index is 12.5. The number of benzene rings is 1. The van der Waals surface area contributed by atoms with E-state index in [1.165, 1.54) is 19.3 Å². The second-order valence-electron chi connectivity index (χ2n) is 6.13. The first kappa shape index (κ1) is 16.7. The summed E-state index contributed by atoms with van der Waals surface area (Å²) in [6.07, 6.45) is 5.20. The van der Waals surface area contributed by atoms with Crippen LogP contribution >= 0.6 is 11.6 Å². The third kappa shape index (κ3) is 3.67. The topological polar surface area (TPSA) is 58.1 Å². The van der Waals surface area contributed by atoms with Crippen LogP contribution in [0.5, 0.6) is 0 Å². The molecule has 1 aliphatic rings. The average Bonchev–Trinajstić information content (AvgIpc) is 2.58. The molecule has 3 rings (SSSR count). The predicted molar refractivity (Wildman–Crippen MR) is 97.0 cm³/mol. The number of nitrogens with one attached hydrogen (secondary N) is 1. The van der Waals surface area contributed by atoms with E-state index in [9.17, 15) is 4.79 Å². The minimum Gasteiger partial charge on any atom is -0.341 e. The SMILES string of the molecule is Cc1ccc(Cl)cc1NC(=O)c1cnc(N2CCCCC2)nc1C. The fraction of sp³-hybridized carbons (Fsp3) is 0.389. The van der Waals surface area contributed by atoms with Gasteiger partial charge in [-0.15, -0.1) is 0 Å². The molecule has 0 atom stereocenters. The molecule has 1 amide bonds. The Kier molecular flexibility index (Phi) is 5.00. The van der Waals surface area contributed by atoms with Crippen molar-refractivity contribution in [1.82, 2.24) is 9.97 Å². The number of rotatable bonds is 3. The van der Waals surface area contributed by atoms with Crippen molar-refractivity contribution in [2.45, 2.75) is 33.1 Å². The zero-order chi connectivity index (χ0) is 17.1. The minimum absolute atomic E-state index is 0.219. The lowest BCUT2D eigenvalue weighted by Gasteiger charge is -2.26. The molecule has 24 heavy (non-hydrogen) atoms. The van der Waals surface area contributed by atoms with E-state index < -0.39 is 0 Å². The van der Waals surface area contributed by atoms with Crippen molar-refractivity contribution in [2.24, 2.45) is 0 Å². The van der Waals surface area contributed by atoms with Crippen LogP contribution in [0.25, 0.3) is 0 Å². The van der Waals surface area contributed by atoms with Gasteiger partial charge in [-0.3, -0.25) is 4.79 Å². The number of aryl methyl sites for hydroxylation is 2. The summed E-state index contributed by atoms with van der Waals surface area (Å²) >= 11 is 6.00. The van der Waals surface area contributed by atoms with Crippen LogP contribution < -0.4 is 10.2 Å². The molecular formula is C18H21ClN4O. The number of nitrogens with zero attached hydrogens (tertiary/aromatic N) is 3. The molecule has 0 aliphatic carbocycles. The highest BCUT2D eigenvalue weighted by molar-refractivity contribution is 6.31. The first-order valence-corrected chi connectivity index (χ1v) is 8.58. The van der Waals surface area contributed by atoms with Gasteiger partial charge in [-0.25, -0.2) is 9.97 Å². The van der Waals surface area contributed by atoms with E-state index in [1.807, 2.05) is 19.9 Å². The predicted octanol–water partition coefficient (Wildman–Crippen LogP) is 3.99. The molecule has 6 heteroatoms. The molecule has 126 valence electrons. The number of anilines is 2. The van der Waals surface area contributed by atoms with Crippen LogP contribution in [0.2, 0.25) is 5.02 Å². The van der Waals surface area contributed by atoms with E-state index >= 15 is 0 Å². The van der Waals surface area contributed by atoms with E-state index in [0.29, 0.717) is 27.9 Å². The summed E-state index contributed by atoms with van der Waals surface area (Å²) in [6, 6.07) is 5.42. The number of hydrogen-bond acceptors (Lipinski definition) is 4. The van der Waals surface area contributed by atoms with Crippen molar-refractivity contribution >= 4 is 29.1 Å². The number of amides is 1. The fourth-order valence-corrected chi connectivity index (χ4v) is 3.01. The molecule has 2 heterocycles. The van der Waals surface area contributed by atoms with Crippen LogP contribution in [0.3, 0.4) is 0 Å². The summed E-state index contributed by atoms with van der Waals surface area (Å²) in [6.45, 7) is 5.73. The van der Waals surface area contributed by atoms with Gasteiger partial charge in [-0.2, -0.15) is 0 Å². The number of aromatic nitrogens is 2. The van der Waals surface area contributed by atoms with Crippen LogP contribution in [-0.2, 0) is 0 Å². The molecule has 0 bridgehead atoms. The van der Waals surface area contributed by atoms with Crippen LogP contribution in [0.15, 0.2) is 24.4 Å². The Labute approximate surface area is 147 Å². The molecule has 2 aromatic rings. The zero-order valence-corrected chi connectivity index (χ0v) is 14.7. The number of halogens is 1. The van der Waals surface area contributed by atoms with Gasteiger partial charge < -0.3 is 10.2 Å². The van der Waals surface area contributed by atoms with E-state index in [0.717, 1.165) is 18.7 Å². The first-order chi connectivity index (χ1) is 11.5. The van der Waals surface area contributed by atoms with Crippen molar-refractivity contribution in [1.29, 1.82) is 0 Å². The quantitative estimate of drug-likeness (QED) is 0.914. The van der Waals surface area contributed by atoms with Gasteiger partial charge in [-0.05, 0) is 50.8 Å². The van der Waals surface area contributed by atoms with Gasteiger partial charge in [0.1, 0.15) is 0 Å². The molecule has 1 saturated heterocycles. The van der Waals surface area contributed by atoms with Crippen molar-refractivity contribution < 1.29 is 4.79 Å². The van der Waals surface area contributed by atoms with Crippen molar-refractivity contribution in [3.63, 3.8) is 0 Å². The highest BCUT2D eigenvalue weighted by atomic mass is 35.5. The minimum atomic E-state index is -0.219. The third-order valence-corrected chi connectivity index (χ3v) is 4.53. The largest absolute Gasteiger partial charge is 0.341 e. The second kappa shape index (κ2) is 7.18. The van der Waals surface area contributed by atoms with Crippen molar-refractivity contribution in [3.05, 3.63) is 46.2 Å². The summed E-state index contributed by atoms with van der Waals surface area (Å²) in [5.74, 6) is 0.491. The van der Waals surface area contributed by atoms with E-state index in [4.69, 9.17) is 11.6 Å². The van der Waals surface area contributed by atoms with Crippen LogP contribution in [-0.4, -0.2) is 29.0 Å². The summed E-state index contributed by atoms with van der Waals surface area (Å²) in [7, 11) is 0. The van der Waals surface area contributed by atoms with Crippen LogP contribution in [0.1, 0.15) is 40.9 Å². The number of hydrogen-bond donors (Lipinski definition) is 1. The molecule has 1 aromatic carbocycles. The molecule has 1 aromatic heterocycles. The molecule has 1 aliphatic heterocycles. The molecule has 5 nitrogen and oxygen atoms in total. The van der Waals surface area contributed by atoms with Gasteiger partial charge in [0.05, 0.1) is 11.3 Å². The Hall–Kier alpha value is -2.14.